The molecule has 0 radical (unpaired) electrons. The van der Waals surface area contributed by atoms with E-state index in [1.165, 1.54) is 0 Å². The number of phenolic OH excluding ortho intramolecular Hbond substituents is 1. The fraction of sp³-hybridized carbons (Fsp3) is 0.222. The number of hydrazine groups is 1. The summed E-state index contributed by atoms with van der Waals surface area (Å²) in [7, 11) is 0. The van der Waals surface area contributed by atoms with Crippen molar-refractivity contribution in [1.29, 1.82) is 0 Å². The minimum atomic E-state index is 0.212. The summed E-state index contributed by atoms with van der Waals surface area (Å²) in [4.78, 5) is 4.25. The van der Waals surface area contributed by atoms with Gasteiger partial charge in [0.25, 0.3) is 0 Å². The van der Waals surface area contributed by atoms with Gasteiger partial charge in [0.2, 0.25) is 0 Å². The van der Waals surface area contributed by atoms with Gasteiger partial charge in [-0.1, -0.05) is 12.1 Å². The molecular formula is C9H11N3O. The Bertz CT molecular complexity index is 327. The summed E-state index contributed by atoms with van der Waals surface area (Å²) in [5, 5.41) is 9.42. The molecule has 1 fully saturated rings. The molecule has 0 bridgehead atoms. The van der Waals surface area contributed by atoms with E-state index in [1.807, 2.05) is 6.07 Å². The Kier molecular flexibility index (Phi) is 2.14. The molecule has 13 heavy (non-hydrogen) atoms. The zero-order valence-electron chi connectivity index (χ0n) is 7.12. The first-order valence-electron chi connectivity index (χ1n) is 4.21. The van der Waals surface area contributed by atoms with Gasteiger partial charge in [-0.2, -0.15) is 0 Å². The van der Waals surface area contributed by atoms with Crippen LogP contribution in [0, 0.1) is 0 Å². The van der Waals surface area contributed by atoms with Gasteiger partial charge in [-0.05, 0) is 12.1 Å². The molecule has 0 unspecified atom stereocenters. The van der Waals surface area contributed by atoms with Crippen molar-refractivity contribution >= 4 is 11.5 Å². The summed E-state index contributed by atoms with van der Waals surface area (Å²) >= 11 is 0. The van der Waals surface area contributed by atoms with Crippen molar-refractivity contribution in [3.63, 3.8) is 0 Å². The van der Waals surface area contributed by atoms with Gasteiger partial charge < -0.3 is 10.5 Å². The average molecular weight is 177 g/mol. The second-order valence-corrected chi connectivity index (χ2v) is 2.85. The number of hydrogen-bond donors (Lipinski definition) is 3. The van der Waals surface area contributed by atoms with E-state index in [0.717, 1.165) is 18.8 Å². The second kappa shape index (κ2) is 3.45. The van der Waals surface area contributed by atoms with Gasteiger partial charge in [0, 0.05) is 13.0 Å². The lowest BCUT2D eigenvalue weighted by atomic mass is 10.3. The summed E-state index contributed by atoms with van der Waals surface area (Å²) in [6.45, 7) is 0.881. The number of nitrogens with one attached hydrogen (secondary N) is 2. The lowest BCUT2D eigenvalue weighted by Gasteiger charge is -1.99. The van der Waals surface area contributed by atoms with E-state index in [-0.39, 0.29) is 5.75 Å². The molecule has 1 saturated heterocycles. The van der Waals surface area contributed by atoms with Crippen molar-refractivity contribution in [3.8, 4) is 5.75 Å². The molecule has 1 heterocycles. The quantitative estimate of drug-likeness (QED) is 0.598. The van der Waals surface area contributed by atoms with Crippen LogP contribution in [0.15, 0.2) is 29.3 Å². The molecule has 0 amide bonds. The van der Waals surface area contributed by atoms with Gasteiger partial charge >= 0.3 is 0 Å². The molecule has 0 spiro atoms. The SMILES string of the molecule is Oc1ccccc1N=C1CCNN1. The number of aromatic hydroxyl groups is 1. The van der Waals surface area contributed by atoms with Gasteiger partial charge in [0.15, 0.2) is 0 Å². The van der Waals surface area contributed by atoms with Crippen molar-refractivity contribution < 1.29 is 5.11 Å². The molecule has 0 aliphatic carbocycles. The second-order valence-electron chi connectivity index (χ2n) is 2.85. The van der Waals surface area contributed by atoms with Crippen molar-refractivity contribution in [2.75, 3.05) is 6.54 Å². The minimum Gasteiger partial charge on any atom is -0.506 e. The predicted molar refractivity (Wildman–Crippen MR) is 51.0 cm³/mol. The molecule has 4 nitrogen and oxygen atoms in total. The summed E-state index contributed by atoms with van der Waals surface area (Å²) in [6.07, 6.45) is 0.869. The predicted octanol–water partition coefficient (Wildman–Crippen LogP) is 0.920. The molecule has 0 atom stereocenters. The number of hydrogen-bond acceptors (Lipinski definition) is 3. The molecule has 0 saturated carbocycles. The van der Waals surface area contributed by atoms with Gasteiger partial charge in [0.1, 0.15) is 17.3 Å². The van der Waals surface area contributed by atoms with E-state index in [0.29, 0.717) is 5.69 Å². The molecule has 68 valence electrons. The van der Waals surface area contributed by atoms with Crippen LogP contribution in [0.2, 0.25) is 0 Å². The van der Waals surface area contributed by atoms with Crippen molar-refractivity contribution in [3.05, 3.63) is 24.3 Å². The van der Waals surface area contributed by atoms with Crippen LogP contribution in [-0.2, 0) is 0 Å². The highest BCUT2D eigenvalue weighted by Crippen LogP contribution is 2.25. The fourth-order valence-corrected chi connectivity index (χ4v) is 1.20. The molecule has 1 aliphatic heterocycles. The Morgan fingerprint density at radius 1 is 1.31 bits per heavy atom. The third-order valence-electron chi connectivity index (χ3n) is 1.86. The summed E-state index contributed by atoms with van der Waals surface area (Å²) in [6, 6.07) is 7.03. The molecule has 4 heteroatoms. The number of nitrogens with zero attached hydrogens (tertiary/aromatic N) is 1. The maximum Gasteiger partial charge on any atom is 0.141 e. The largest absolute Gasteiger partial charge is 0.506 e. The third kappa shape index (κ3) is 1.78. The number of rotatable bonds is 1. The van der Waals surface area contributed by atoms with Gasteiger partial charge in [-0.3, -0.25) is 0 Å². The highest BCUT2D eigenvalue weighted by atomic mass is 16.3. The third-order valence-corrected chi connectivity index (χ3v) is 1.86. The van der Waals surface area contributed by atoms with Crippen LogP contribution in [-0.4, -0.2) is 17.5 Å². The first-order valence-corrected chi connectivity index (χ1v) is 4.21. The zero-order valence-corrected chi connectivity index (χ0v) is 7.12. The van der Waals surface area contributed by atoms with E-state index in [1.54, 1.807) is 18.2 Å². The van der Waals surface area contributed by atoms with Crippen LogP contribution in [0.3, 0.4) is 0 Å². The fourth-order valence-electron chi connectivity index (χ4n) is 1.20. The first-order chi connectivity index (χ1) is 6.36. The maximum absolute atomic E-state index is 9.42. The lowest BCUT2D eigenvalue weighted by molar-refractivity contribution is 0.477. The van der Waals surface area contributed by atoms with Crippen molar-refractivity contribution in [1.82, 2.24) is 10.9 Å². The van der Waals surface area contributed by atoms with Crippen LogP contribution in [0.5, 0.6) is 5.75 Å². The van der Waals surface area contributed by atoms with Crippen LogP contribution < -0.4 is 10.9 Å². The van der Waals surface area contributed by atoms with E-state index in [4.69, 9.17) is 0 Å². The zero-order chi connectivity index (χ0) is 9.10. The van der Waals surface area contributed by atoms with Gasteiger partial charge in [-0.15, -0.1) is 0 Å². The number of aliphatic imine (C=N–C) groups is 1. The van der Waals surface area contributed by atoms with Crippen LogP contribution in [0.1, 0.15) is 6.42 Å². The maximum atomic E-state index is 9.42. The number of benzene rings is 1. The Balaban J connectivity index is 2.25. The average Bonchev–Trinajstić information content (AvgIpc) is 2.61. The number of phenols is 1. The molecule has 3 N–H and O–H groups in total. The number of amidine groups is 1. The highest BCUT2D eigenvalue weighted by molar-refractivity contribution is 5.86. The smallest absolute Gasteiger partial charge is 0.141 e. The van der Waals surface area contributed by atoms with Crippen LogP contribution in [0.4, 0.5) is 5.69 Å². The van der Waals surface area contributed by atoms with E-state index < -0.39 is 0 Å². The Morgan fingerprint density at radius 2 is 2.15 bits per heavy atom. The Labute approximate surface area is 76.3 Å². The lowest BCUT2D eigenvalue weighted by Crippen LogP contribution is -2.25. The molecular weight excluding hydrogens is 166 g/mol. The van der Waals surface area contributed by atoms with Crippen LogP contribution in [0.25, 0.3) is 0 Å². The van der Waals surface area contributed by atoms with Crippen molar-refractivity contribution in [2.24, 2.45) is 4.99 Å². The van der Waals surface area contributed by atoms with Gasteiger partial charge in [-0.25, -0.2) is 10.4 Å². The summed E-state index contributed by atoms with van der Waals surface area (Å²) < 4.78 is 0. The van der Waals surface area contributed by atoms with E-state index >= 15 is 0 Å². The van der Waals surface area contributed by atoms with Gasteiger partial charge in [0.05, 0.1) is 0 Å². The number of para-hydroxylation sites is 2. The standard InChI is InChI=1S/C9H11N3O/c13-8-4-2-1-3-7(8)11-9-5-6-10-12-9/h1-4,10,13H,5-6H2,(H,11,12). The summed E-state index contributed by atoms with van der Waals surface area (Å²) in [5.41, 5.74) is 6.48. The minimum absolute atomic E-state index is 0.212. The molecule has 1 aliphatic rings. The normalized spacial score (nSPS) is 18.9. The Hall–Kier alpha value is -1.55. The monoisotopic (exact) mass is 177 g/mol. The Morgan fingerprint density at radius 3 is 2.85 bits per heavy atom. The van der Waals surface area contributed by atoms with Crippen LogP contribution >= 0.6 is 0 Å². The molecule has 2 rings (SSSR count). The highest BCUT2D eigenvalue weighted by Gasteiger charge is 2.06. The topological polar surface area (TPSA) is 56.7 Å². The van der Waals surface area contributed by atoms with E-state index in [9.17, 15) is 5.11 Å². The molecule has 1 aromatic carbocycles. The van der Waals surface area contributed by atoms with E-state index in [2.05, 4.69) is 15.8 Å². The molecule has 0 aromatic heterocycles. The van der Waals surface area contributed by atoms with Crippen molar-refractivity contribution in [2.45, 2.75) is 6.42 Å². The first kappa shape index (κ1) is 8.07. The molecule has 1 aromatic rings. The summed E-state index contributed by atoms with van der Waals surface area (Å²) in [5.74, 6) is 1.07.